The molecule has 1 amide bonds. The quantitative estimate of drug-likeness (QED) is 0.615. The second kappa shape index (κ2) is 6.94. The molecule has 1 aromatic carbocycles. The molecular formula is C17H18N2O3S2. The molecule has 0 spiro atoms. The zero-order chi connectivity index (χ0) is 17.3. The summed E-state index contributed by atoms with van der Waals surface area (Å²) in [6, 6.07) is 7.29. The van der Waals surface area contributed by atoms with E-state index >= 15 is 0 Å². The molecule has 1 aliphatic heterocycles. The second-order valence-electron chi connectivity index (χ2n) is 5.41. The van der Waals surface area contributed by atoms with E-state index in [4.69, 9.17) is 16.6 Å². The highest BCUT2D eigenvalue weighted by Gasteiger charge is 2.27. The van der Waals surface area contributed by atoms with Gasteiger partial charge in [-0.25, -0.2) is 4.79 Å². The standard InChI is InChI=1S/C17H18N2O3S2/c1-3-18(4-2)12-6-5-11-9-13(16(21)22-14(11)10-12)15(20)19-7-8-24-17(19)23/h5-6,9-10H,3-4,7-8H2,1-2H3. The van der Waals surface area contributed by atoms with E-state index in [0.29, 0.717) is 16.4 Å². The molecule has 24 heavy (non-hydrogen) atoms. The molecule has 1 aliphatic rings. The highest BCUT2D eigenvalue weighted by Crippen LogP contribution is 2.24. The smallest absolute Gasteiger partial charge is 0.349 e. The van der Waals surface area contributed by atoms with Crippen LogP contribution in [0.4, 0.5) is 5.69 Å². The van der Waals surface area contributed by atoms with Crippen molar-refractivity contribution in [2.45, 2.75) is 13.8 Å². The van der Waals surface area contributed by atoms with Crippen molar-refractivity contribution in [3.05, 3.63) is 40.2 Å². The molecule has 0 saturated carbocycles. The number of amides is 1. The fraction of sp³-hybridized carbons (Fsp3) is 0.353. The summed E-state index contributed by atoms with van der Waals surface area (Å²) in [6.45, 7) is 6.41. The van der Waals surface area contributed by atoms with E-state index in [9.17, 15) is 9.59 Å². The van der Waals surface area contributed by atoms with Gasteiger partial charge in [-0.2, -0.15) is 0 Å². The van der Waals surface area contributed by atoms with Crippen LogP contribution in [0.25, 0.3) is 11.0 Å². The third kappa shape index (κ3) is 3.06. The minimum absolute atomic E-state index is 0.0305. The number of rotatable bonds is 4. The number of benzene rings is 1. The van der Waals surface area contributed by atoms with Gasteiger partial charge >= 0.3 is 5.63 Å². The molecule has 2 aromatic rings. The minimum atomic E-state index is -0.621. The Kier molecular flexibility index (Phi) is 4.91. The zero-order valence-electron chi connectivity index (χ0n) is 13.6. The fourth-order valence-corrected chi connectivity index (χ4v) is 3.96. The first-order chi connectivity index (χ1) is 11.5. The Bertz CT molecular complexity index is 859. The molecule has 5 nitrogen and oxygen atoms in total. The Morgan fingerprint density at radius 3 is 2.71 bits per heavy atom. The normalized spacial score (nSPS) is 14.4. The van der Waals surface area contributed by atoms with Crippen molar-refractivity contribution in [3.63, 3.8) is 0 Å². The second-order valence-corrected chi connectivity index (χ2v) is 7.14. The summed E-state index contributed by atoms with van der Waals surface area (Å²) in [4.78, 5) is 28.5. The number of anilines is 1. The van der Waals surface area contributed by atoms with Gasteiger partial charge in [0.1, 0.15) is 15.5 Å². The molecule has 0 unspecified atom stereocenters. The van der Waals surface area contributed by atoms with Gasteiger partial charge < -0.3 is 9.32 Å². The van der Waals surface area contributed by atoms with Gasteiger partial charge in [-0.1, -0.05) is 24.0 Å². The average molecular weight is 362 g/mol. The van der Waals surface area contributed by atoms with Crippen molar-refractivity contribution in [2.75, 3.05) is 30.3 Å². The molecule has 0 bridgehead atoms. The molecule has 1 saturated heterocycles. The molecular weight excluding hydrogens is 344 g/mol. The van der Waals surface area contributed by atoms with Gasteiger partial charge in [-0.05, 0) is 32.0 Å². The third-order valence-corrected chi connectivity index (χ3v) is 5.51. The van der Waals surface area contributed by atoms with Crippen molar-refractivity contribution < 1.29 is 9.21 Å². The maximum atomic E-state index is 12.5. The lowest BCUT2D eigenvalue weighted by Gasteiger charge is -2.21. The highest BCUT2D eigenvalue weighted by atomic mass is 32.2. The maximum absolute atomic E-state index is 12.5. The molecule has 2 heterocycles. The van der Waals surface area contributed by atoms with Crippen LogP contribution in [0.2, 0.25) is 0 Å². The largest absolute Gasteiger partial charge is 0.422 e. The molecule has 0 radical (unpaired) electrons. The van der Waals surface area contributed by atoms with Gasteiger partial charge in [0.25, 0.3) is 5.91 Å². The molecule has 0 aliphatic carbocycles. The molecule has 0 N–H and O–H groups in total. The number of thioether (sulfide) groups is 1. The molecule has 1 aromatic heterocycles. The van der Waals surface area contributed by atoms with Crippen LogP contribution in [0.5, 0.6) is 0 Å². The SMILES string of the molecule is CCN(CC)c1ccc2cc(C(=O)N3CCSC3=S)c(=O)oc2c1. The van der Waals surface area contributed by atoms with Crippen LogP contribution < -0.4 is 10.5 Å². The lowest BCUT2D eigenvalue weighted by molar-refractivity contribution is 0.0858. The van der Waals surface area contributed by atoms with E-state index in [1.807, 2.05) is 18.2 Å². The van der Waals surface area contributed by atoms with Crippen LogP contribution >= 0.6 is 24.0 Å². The van der Waals surface area contributed by atoms with E-state index in [2.05, 4.69) is 18.7 Å². The van der Waals surface area contributed by atoms with Gasteiger partial charge in [0, 0.05) is 42.5 Å². The lowest BCUT2D eigenvalue weighted by atomic mass is 10.1. The lowest BCUT2D eigenvalue weighted by Crippen LogP contribution is -2.33. The van der Waals surface area contributed by atoms with E-state index < -0.39 is 5.63 Å². The Labute approximate surface area is 149 Å². The number of carbonyl (C=O) groups excluding carboxylic acids is 1. The number of carbonyl (C=O) groups is 1. The predicted molar refractivity (Wildman–Crippen MR) is 102 cm³/mol. The van der Waals surface area contributed by atoms with Crippen molar-refractivity contribution >= 4 is 50.9 Å². The monoisotopic (exact) mass is 362 g/mol. The van der Waals surface area contributed by atoms with Crippen LogP contribution in [0, 0.1) is 0 Å². The van der Waals surface area contributed by atoms with Gasteiger partial charge in [0.05, 0.1) is 0 Å². The number of thiocarbonyl (C=S) groups is 1. The minimum Gasteiger partial charge on any atom is -0.422 e. The van der Waals surface area contributed by atoms with Crippen molar-refractivity contribution in [1.29, 1.82) is 0 Å². The highest BCUT2D eigenvalue weighted by molar-refractivity contribution is 8.23. The summed E-state index contributed by atoms with van der Waals surface area (Å²) in [5.74, 6) is 0.380. The van der Waals surface area contributed by atoms with E-state index in [1.165, 1.54) is 16.7 Å². The molecule has 1 fully saturated rings. The summed E-state index contributed by atoms with van der Waals surface area (Å²) in [6.07, 6.45) is 0. The fourth-order valence-electron chi connectivity index (χ4n) is 2.76. The van der Waals surface area contributed by atoms with Crippen molar-refractivity contribution in [2.24, 2.45) is 0 Å². The predicted octanol–water partition coefficient (Wildman–Crippen LogP) is 3.11. The first-order valence-electron chi connectivity index (χ1n) is 7.86. The first kappa shape index (κ1) is 17.0. The Morgan fingerprint density at radius 1 is 1.33 bits per heavy atom. The van der Waals surface area contributed by atoms with Crippen molar-refractivity contribution in [1.82, 2.24) is 4.90 Å². The summed E-state index contributed by atoms with van der Waals surface area (Å²) < 4.78 is 5.92. The molecule has 0 atom stereocenters. The number of hydrogen-bond donors (Lipinski definition) is 0. The average Bonchev–Trinajstić information content (AvgIpc) is 3.00. The van der Waals surface area contributed by atoms with Crippen LogP contribution in [-0.2, 0) is 0 Å². The number of nitrogens with zero attached hydrogens (tertiary/aromatic N) is 2. The molecule has 126 valence electrons. The number of fused-ring (bicyclic) bond motifs is 1. The van der Waals surface area contributed by atoms with Crippen molar-refractivity contribution in [3.8, 4) is 0 Å². The van der Waals surface area contributed by atoms with Gasteiger partial charge in [-0.15, -0.1) is 0 Å². The molecule has 3 rings (SSSR count). The van der Waals surface area contributed by atoms with Gasteiger partial charge in [0.2, 0.25) is 0 Å². The van der Waals surface area contributed by atoms with Crippen LogP contribution in [0.15, 0.2) is 33.5 Å². The Balaban J connectivity index is 2.02. The van der Waals surface area contributed by atoms with Crippen LogP contribution in [0.3, 0.4) is 0 Å². The topological polar surface area (TPSA) is 53.8 Å². The van der Waals surface area contributed by atoms with E-state index in [1.54, 1.807) is 6.07 Å². The first-order valence-corrected chi connectivity index (χ1v) is 9.26. The van der Waals surface area contributed by atoms with Crippen LogP contribution in [0.1, 0.15) is 24.2 Å². The van der Waals surface area contributed by atoms with Gasteiger partial charge in [-0.3, -0.25) is 9.69 Å². The Morgan fingerprint density at radius 2 is 2.08 bits per heavy atom. The van der Waals surface area contributed by atoms with Gasteiger partial charge in [0.15, 0.2) is 0 Å². The Hall–Kier alpha value is -1.86. The number of hydrogen-bond acceptors (Lipinski definition) is 6. The van der Waals surface area contributed by atoms with E-state index in [0.717, 1.165) is 29.9 Å². The third-order valence-electron chi connectivity index (χ3n) is 4.08. The van der Waals surface area contributed by atoms with E-state index in [-0.39, 0.29) is 11.5 Å². The summed E-state index contributed by atoms with van der Waals surface area (Å²) in [5.41, 5.74) is 0.887. The summed E-state index contributed by atoms with van der Waals surface area (Å²) in [5, 5.41) is 0.728. The maximum Gasteiger partial charge on any atom is 0.349 e. The summed E-state index contributed by atoms with van der Waals surface area (Å²) >= 11 is 6.60. The zero-order valence-corrected chi connectivity index (χ0v) is 15.2. The van der Waals surface area contributed by atoms with Crippen LogP contribution in [-0.4, -0.2) is 40.5 Å². The summed E-state index contributed by atoms with van der Waals surface area (Å²) in [7, 11) is 0. The molecule has 7 heteroatoms.